The summed E-state index contributed by atoms with van der Waals surface area (Å²) >= 11 is 0. The van der Waals surface area contributed by atoms with Crippen molar-refractivity contribution in [1.82, 2.24) is 10.2 Å². The van der Waals surface area contributed by atoms with E-state index in [2.05, 4.69) is 17.1 Å². The molecule has 0 radical (unpaired) electrons. The van der Waals surface area contributed by atoms with Gasteiger partial charge in [0.2, 0.25) is 5.91 Å². The molecule has 1 aliphatic heterocycles. The predicted octanol–water partition coefficient (Wildman–Crippen LogP) is 2.02. The number of nitrogens with zero attached hydrogens (tertiary/aromatic N) is 1. The van der Waals surface area contributed by atoms with Crippen LogP contribution in [0, 0.1) is 11.8 Å². The second-order valence-electron chi connectivity index (χ2n) is 5.72. The number of amides is 1. The lowest BCUT2D eigenvalue weighted by molar-refractivity contribution is -0.121. The molecule has 3 heteroatoms. The third kappa shape index (κ3) is 3.21. The van der Waals surface area contributed by atoms with Crippen molar-refractivity contribution < 1.29 is 4.79 Å². The van der Waals surface area contributed by atoms with Crippen LogP contribution < -0.4 is 5.32 Å². The van der Waals surface area contributed by atoms with Crippen LogP contribution in [0.3, 0.4) is 0 Å². The Morgan fingerprint density at radius 1 is 1.24 bits per heavy atom. The Balaban J connectivity index is 1.73. The number of carbonyl (C=O) groups excluding carboxylic acids is 1. The van der Waals surface area contributed by atoms with Crippen molar-refractivity contribution in [2.45, 2.75) is 52.0 Å². The Bertz CT molecular complexity index is 253. The first-order valence-electron chi connectivity index (χ1n) is 7.24. The first-order chi connectivity index (χ1) is 8.22. The van der Waals surface area contributed by atoms with Crippen molar-refractivity contribution in [3.05, 3.63) is 0 Å². The second-order valence-corrected chi connectivity index (χ2v) is 5.72. The SMILES string of the molecule is CCCCN1CC2CC(NC(=O)CC)CC2C1. The molecule has 0 aromatic rings. The van der Waals surface area contributed by atoms with Crippen LogP contribution >= 0.6 is 0 Å². The molecule has 98 valence electrons. The molecule has 2 unspecified atom stereocenters. The average molecular weight is 238 g/mol. The van der Waals surface area contributed by atoms with Gasteiger partial charge in [-0.3, -0.25) is 4.79 Å². The van der Waals surface area contributed by atoms with Crippen molar-refractivity contribution in [2.75, 3.05) is 19.6 Å². The smallest absolute Gasteiger partial charge is 0.219 e. The van der Waals surface area contributed by atoms with Crippen LogP contribution in [0.25, 0.3) is 0 Å². The van der Waals surface area contributed by atoms with Gasteiger partial charge in [0.15, 0.2) is 0 Å². The lowest BCUT2D eigenvalue weighted by atomic mass is 10.0. The summed E-state index contributed by atoms with van der Waals surface area (Å²) < 4.78 is 0. The van der Waals surface area contributed by atoms with Gasteiger partial charge >= 0.3 is 0 Å². The van der Waals surface area contributed by atoms with E-state index in [1.54, 1.807) is 0 Å². The van der Waals surface area contributed by atoms with Gasteiger partial charge in [0.05, 0.1) is 0 Å². The number of unbranched alkanes of at least 4 members (excludes halogenated alkanes) is 1. The van der Waals surface area contributed by atoms with Crippen LogP contribution in [-0.2, 0) is 4.79 Å². The minimum absolute atomic E-state index is 0.220. The van der Waals surface area contributed by atoms with Gasteiger partial charge in [0.1, 0.15) is 0 Å². The highest BCUT2D eigenvalue weighted by molar-refractivity contribution is 5.75. The van der Waals surface area contributed by atoms with Gasteiger partial charge in [-0.05, 0) is 37.6 Å². The monoisotopic (exact) mass is 238 g/mol. The molecule has 17 heavy (non-hydrogen) atoms. The number of nitrogens with one attached hydrogen (secondary N) is 1. The largest absolute Gasteiger partial charge is 0.353 e. The zero-order valence-electron chi connectivity index (χ0n) is 11.2. The van der Waals surface area contributed by atoms with Crippen LogP contribution in [0.15, 0.2) is 0 Å². The van der Waals surface area contributed by atoms with E-state index in [1.165, 1.54) is 45.3 Å². The number of carbonyl (C=O) groups is 1. The predicted molar refractivity (Wildman–Crippen MR) is 69.8 cm³/mol. The molecule has 1 saturated carbocycles. The van der Waals surface area contributed by atoms with Crippen molar-refractivity contribution in [3.63, 3.8) is 0 Å². The number of fused-ring (bicyclic) bond motifs is 1. The van der Waals surface area contributed by atoms with Gasteiger partial charge < -0.3 is 10.2 Å². The van der Waals surface area contributed by atoms with E-state index >= 15 is 0 Å². The highest BCUT2D eigenvalue weighted by Crippen LogP contribution is 2.38. The Morgan fingerprint density at radius 2 is 1.88 bits per heavy atom. The molecule has 2 aliphatic rings. The summed E-state index contributed by atoms with van der Waals surface area (Å²) in [5.41, 5.74) is 0. The van der Waals surface area contributed by atoms with E-state index in [4.69, 9.17) is 0 Å². The molecule has 1 saturated heterocycles. The molecular formula is C14H26N2O. The second kappa shape index (κ2) is 5.85. The molecule has 0 aromatic carbocycles. The Hall–Kier alpha value is -0.570. The van der Waals surface area contributed by atoms with Gasteiger partial charge in [0, 0.05) is 25.6 Å². The van der Waals surface area contributed by atoms with Crippen molar-refractivity contribution in [1.29, 1.82) is 0 Å². The summed E-state index contributed by atoms with van der Waals surface area (Å²) in [5, 5.41) is 3.16. The number of likely N-dealkylation sites (tertiary alicyclic amines) is 1. The minimum atomic E-state index is 0.220. The standard InChI is InChI=1S/C14H26N2O/c1-3-5-6-16-9-11-7-13(8-12(11)10-16)15-14(17)4-2/h11-13H,3-10H2,1-2H3,(H,15,17). The highest BCUT2D eigenvalue weighted by atomic mass is 16.1. The summed E-state index contributed by atoms with van der Waals surface area (Å²) in [5.74, 6) is 1.90. The molecule has 1 aliphatic carbocycles. The first kappa shape index (κ1) is 12.9. The molecule has 0 bridgehead atoms. The zero-order chi connectivity index (χ0) is 12.3. The topological polar surface area (TPSA) is 32.3 Å². The third-order valence-electron chi connectivity index (χ3n) is 4.34. The van der Waals surface area contributed by atoms with E-state index in [9.17, 15) is 4.79 Å². The maximum atomic E-state index is 11.4. The van der Waals surface area contributed by atoms with Gasteiger partial charge in [-0.1, -0.05) is 20.3 Å². The van der Waals surface area contributed by atoms with Gasteiger partial charge in [-0.15, -0.1) is 0 Å². The Kier molecular flexibility index (Phi) is 4.43. The van der Waals surface area contributed by atoms with E-state index in [-0.39, 0.29) is 5.91 Å². The lowest BCUT2D eigenvalue weighted by Crippen LogP contribution is -2.34. The molecule has 2 atom stereocenters. The van der Waals surface area contributed by atoms with Gasteiger partial charge in [-0.2, -0.15) is 0 Å². The van der Waals surface area contributed by atoms with Gasteiger partial charge in [0.25, 0.3) is 0 Å². The van der Waals surface area contributed by atoms with Crippen LogP contribution in [0.5, 0.6) is 0 Å². The Morgan fingerprint density at radius 3 is 2.41 bits per heavy atom. The van der Waals surface area contributed by atoms with Crippen LogP contribution in [0.4, 0.5) is 0 Å². The molecule has 0 aromatic heterocycles. The summed E-state index contributed by atoms with van der Waals surface area (Å²) in [6, 6.07) is 0.464. The third-order valence-corrected chi connectivity index (χ3v) is 4.34. The van der Waals surface area contributed by atoms with Gasteiger partial charge in [-0.25, -0.2) is 0 Å². The number of hydrogen-bond acceptors (Lipinski definition) is 2. The maximum Gasteiger partial charge on any atom is 0.219 e. The molecule has 2 fully saturated rings. The lowest BCUT2D eigenvalue weighted by Gasteiger charge is -2.19. The molecule has 3 nitrogen and oxygen atoms in total. The number of hydrogen-bond donors (Lipinski definition) is 1. The molecule has 1 N–H and O–H groups in total. The normalized spacial score (nSPS) is 32.7. The van der Waals surface area contributed by atoms with E-state index < -0.39 is 0 Å². The van der Waals surface area contributed by atoms with Crippen molar-refractivity contribution in [3.8, 4) is 0 Å². The summed E-state index contributed by atoms with van der Waals surface area (Å²) in [7, 11) is 0. The minimum Gasteiger partial charge on any atom is -0.353 e. The first-order valence-corrected chi connectivity index (χ1v) is 7.24. The van der Waals surface area contributed by atoms with E-state index in [1.807, 2.05) is 6.92 Å². The van der Waals surface area contributed by atoms with Crippen molar-refractivity contribution >= 4 is 5.91 Å². The van der Waals surface area contributed by atoms with Crippen LogP contribution in [0.2, 0.25) is 0 Å². The Labute approximate surface area is 105 Å². The van der Waals surface area contributed by atoms with Crippen LogP contribution in [-0.4, -0.2) is 36.5 Å². The maximum absolute atomic E-state index is 11.4. The molecule has 2 rings (SSSR count). The quantitative estimate of drug-likeness (QED) is 0.795. The fourth-order valence-electron chi connectivity index (χ4n) is 3.41. The highest BCUT2D eigenvalue weighted by Gasteiger charge is 2.40. The molecule has 1 amide bonds. The molecule has 1 heterocycles. The van der Waals surface area contributed by atoms with Crippen molar-refractivity contribution in [2.24, 2.45) is 11.8 Å². The van der Waals surface area contributed by atoms with Crippen LogP contribution in [0.1, 0.15) is 46.0 Å². The molecule has 0 spiro atoms. The molecular weight excluding hydrogens is 212 g/mol. The zero-order valence-corrected chi connectivity index (χ0v) is 11.2. The summed E-state index contributed by atoms with van der Waals surface area (Å²) in [6.45, 7) is 7.99. The summed E-state index contributed by atoms with van der Waals surface area (Å²) in [4.78, 5) is 14.0. The fraction of sp³-hybridized carbons (Fsp3) is 0.929. The number of rotatable bonds is 5. The van der Waals surface area contributed by atoms with E-state index in [0.717, 1.165) is 11.8 Å². The average Bonchev–Trinajstić information content (AvgIpc) is 2.83. The van der Waals surface area contributed by atoms with E-state index in [0.29, 0.717) is 12.5 Å². The summed E-state index contributed by atoms with van der Waals surface area (Å²) in [6.07, 6.45) is 5.66. The fourth-order valence-corrected chi connectivity index (χ4v) is 3.41.